The average Bonchev–Trinajstić information content (AvgIpc) is 2.34. The van der Waals surface area contributed by atoms with Crippen LogP contribution in [0.3, 0.4) is 0 Å². The molecule has 0 saturated heterocycles. The molecule has 0 rings (SSSR count). The second-order valence-electron chi connectivity index (χ2n) is 5.66. The summed E-state index contributed by atoms with van der Waals surface area (Å²) in [6, 6.07) is 0. The molecule has 2 nitrogen and oxygen atoms in total. The molecule has 0 radical (unpaired) electrons. The van der Waals surface area contributed by atoms with E-state index in [1.54, 1.807) is 11.8 Å². The van der Waals surface area contributed by atoms with Gasteiger partial charge < -0.3 is 4.74 Å². The summed E-state index contributed by atoms with van der Waals surface area (Å²) in [6.07, 6.45) is 3.70. The van der Waals surface area contributed by atoms with Gasteiger partial charge in [-0.05, 0) is 30.4 Å². The summed E-state index contributed by atoms with van der Waals surface area (Å²) >= 11 is 1.68. The van der Waals surface area contributed by atoms with E-state index in [2.05, 4.69) is 13.8 Å². The first-order valence-corrected chi connectivity index (χ1v) is 8.38. The molecule has 1 unspecified atom stereocenters. The van der Waals surface area contributed by atoms with E-state index in [4.69, 9.17) is 4.74 Å². The van der Waals surface area contributed by atoms with Crippen LogP contribution in [0.25, 0.3) is 0 Å². The number of carbonyl (C=O) groups is 1. The largest absolute Gasteiger partial charge is 0.465 e. The standard InChI is InChI=1S/C15H29FO2S/c1-12(2)11-18-15(17)14(13(3)4)19-10-8-6-5-7-9-16/h12-14H,5-11H2,1-4H3. The number of unbranched alkanes of at least 4 members (excludes halogenated alkanes) is 3. The molecule has 1 atom stereocenters. The molecule has 0 aliphatic rings. The third kappa shape index (κ3) is 10.2. The maximum absolute atomic E-state index is 12.0. The van der Waals surface area contributed by atoms with Crippen LogP contribution in [0.2, 0.25) is 0 Å². The molecule has 0 fully saturated rings. The Hall–Kier alpha value is -0.250. The molecule has 0 N–H and O–H groups in total. The number of ether oxygens (including phenoxy) is 1. The summed E-state index contributed by atoms with van der Waals surface area (Å²) in [4.78, 5) is 12.0. The van der Waals surface area contributed by atoms with Gasteiger partial charge in [-0.15, -0.1) is 11.8 Å². The third-order valence-corrected chi connectivity index (χ3v) is 4.34. The molecule has 0 aliphatic heterocycles. The smallest absolute Gasteiger partial charge is 0.319 e. The van der Waals surface area contributed by atoms with Gasteiger partial charge in [-0.2, -0.15) is 0 Å². The highest BCUT2D eigenvalue weighted by molar-refractivity contribution is 8.00. The highest BCUT2D eigenvalue weighted by Gasteiger charge is 2.24. The summed E-state index contributed by atoms with van der Waals surface area (Å²) in [6.45, 7) is 8.46. The summed E-state index contributed by atoms with van der Waals surface area (Å²) in [5.41, 5.74) is 0. The van der Waals surface area contributed by atoms with Crippen LogP contribution in [0.15, 0.2) is 0 Å². The minimum atomic E-state index is -0.219. The van der Waals surface area contributed by atoms with Gasteiger partial charge in [-0.3, -0.25) is 9.18 Å². The average molecular weight is 292 g/mol. The number of alkyl halides is 1. The Kier molecular flexibility index (Phi) is 11.4. The van der Waals surface area contributed by atoms with Crippen molar-refractivity contribution in [2.24, 2.45) is 11.8 Å². The van der Waals surface area contributed by atoms with Crippen LogP contribution in [0.4, 0.5) is 4.39 Å². The second-order valence-corrected chi connectivity index (χ2v) is 6.91. The molecule has 0 spiro atoms. The maximum Gasteiger partial charge on any atom is 0.319 e. The molecule has 4 heteroatoms. The topological polar surface area (TPSA) is 26.3 Å². The van der Waals surface area contributed by atoms with Crippen molar-refractivity contribution in [3.05, 3.63) is 0 Å². The Morgan fingerprint density at radius 1 is 1.11 bits per heavy atom. The van der Waals surface area contributed by atoms with Gasteiger partial charge >= 0.3 is 5.97 Å². The molecule has 0 heterocycles. The zero-order valence-corrected chi connectivity index (χ0v) is 13.6. The Balaban J connectivity index is 3.88. The Morgan fingerprint density at radius 3 is 2.26 bits per heavy atom. The van der Waals surface area contributed by atoms with Crippen molar-refractivity contribution in [3.63, 3.8) is 0 Å². The fraction of sp³-hybridized carbons (Fsp3) is 0.933. The first-order valence-electron chi connectivity index (χ1n) is 7.33. The molecule has 0 amide bonds. The minimum absolute atomic E-state index is 0.0695. The van der Waals surface area contributed by atoms with Crippen LogP contribution < -0.4 is 0 Å². The first kappa shape index (κ1) is 18.8. The first-order chi connectivity index (χ1) is 8.99. The number of thioether (sulfide) groups is 1. The van der Waals surface area contributed by atoms with Crippen molar-refractivity contribution in [1.29, 1.82) is 0 Å². The van der Waals surface area contributed by atoms with Gasteiger partial charge in [0.2, 0.25) is 0 Å². The molecule has 0 aromatic heterocycles. The van der Waals surface area contributed by atoms with Gasteiger partial charge in [-0.1, -0.05) is 40.5 Å². The van der Waals surface area contributed by atoms with Gasteiger partial charge in [0.15, 0.2) is 0 Å². The molecule has 19 heavy (non-hydrogen) atoms. The zero-order valence-electron chi connectivity index (χ0n) is 12.8. The van der Waals surface area contributed by atoms with Crippen molar-refractivity contribution in [3.8, 4) is 0 Å². The van der Waals surface area contributed by atoms with Crippen LogP contribution in [0.5, 0.6) is 0 Å². The molecular weight excluding hydrogens is 263 g/mol. The summed E-state index contributed by atoms with van der Waals surface area (Å²) < 4.78 is 17.2. The lowest BCUT2D eigenvalue weighted by Gasteiger charge is -2.19. The van der Waals surface area contributed by atoms with Crippen molar-refractivity contribution in [2.45, 2.75) is 58.6 Å². The number of esters is 1. The van der Waals surface area contributed by atoms with E-state index >= 15 is 0 Å². The zero-order chi connectivity index (χ0) is 14.7. The summed E-state index contributed by atoms with van der Waals surface area (Å²) in [7, 11) is 0. The number of hydrogen-bond acceptors (Lipinski definition) is 3. The van der Waals surface area contributed by atoms with E-state index in [0.717, 1.165) is 25.0 Å². The second kappa shape index (κ2) is 11.6. The normalized spacial score (nSPS) is 13.0. The highest BCUT2D eigenvalue weighted by Crippen LogP contribution is 2.23. The van der Waals surface area contributed by atoms with Crippen molar-refractivity contribution < 1.29 is 13.9 Å². The lowest BCUT2D eigenvalue weighted by molar-refractivity contribution is -0.144. The molecule has 0 bridgehead atoms. The summed E-state index contributed by atoms with van der Waals surface area (Å²) in [5, 5.41) is -0.0695. The van der Waals surface area contributed by atoms with E-state index in [0.29, 0.717) is 18.9 Å². The van der Waals surface area contributed by atoms with Gasteiger partial charge in [-0.25, -0.2) is 0 Å². The highest BCUT2D eigenvalue weighted by atomic mass is 32.2. The lowest BCUT2D eigenvalue weighted by Crippen LogP contribution is -2.27. The molecular formula is C15H29FO2S. The van der Waals surface area contributed by atoms with Crippen molar-refractivity contribution in [1.82, 2.24) is 0 Å². The summed E-state index contributed by atoms with van der Waals surface area (Å²) in [5.74, 6) is 1.53. The Labute approximate surface area is 121 Å². The molecule has 114 valence electrons. The van der Waals surface area contributed by atoms with Gasteiger partial charge in [0.25, 0.3) is 0 Å². The predicted molar refractivity (Wildman–Crippen MR) is 81.3 cm³/mol. The fourth-order valence-corrected chi connectivity index (χ4v) is 2.84. The SMILES string of the molecule is CC(C)COC(=O)C(SCCCCCCF)C(C)C. The van der Waals surface area contributed by atoms with E-state index in [9.17, 15) is 9.18 Å². The quantitative estimate of drug-likeness (QED) is 0.415. The van der Waals surface area contributed by atoms with E-state index in [1.807, 2.05) is 13.8 Å². The fourth-order valence-electron chi connectivity index (χ4n) is 1.62. The van der Waals surface area contributed by atoms with E-state index in [1.165, 1.54) is 0 Å². The number of carbonyl (C=O) groups excluding carboxylic acids is 1. The molecule has 0 aromatic rings. The maximum atomic E-state index is 12.0. The number of hydrogen-bond donors (Lipinski definition) is 0. The van der Waals surface area contributed by atoms with Gasteiger partial charge in [0, 0.05) is 0 Å². The van der Waals surface area contributed by atoms with E-state index < -0.39 is 0 Å². The minimum Gasteiger partial charge on any atom is -0.465 e. The molecule has 0 aliphatic carbocycles. The number of rotatable bonds is 11. The van der Waals surface area contributed by atoms with Crippen LogP contribution in [0.1, 0.15) is 53.4 Å². The third-order valence-electron chi connectivity index (χ3n) is 2.72. The van der Waals surface area contributed by atoms with Crippen LogP contribution in [-0.2, 0) is 9.53 Å². The Morgan fingerprint density at radius 2 is 1.74 bits per heavy atom. The van der Waals surface area contributed by atoms with Gasteiger partial charge in [0.05, 0.1) is 13.3 Å². The lowest BCUT2D eigenvalue weighted by atomic mass is 10.1. The van der Waals surface area contributed by atoms with Crippen LogP contribution >= 0.6 is 11.8 Å². The van der Waals surface area contributed by atoms with Crippen LogP contribution in [0, 0.1) is 11.8 Å². The Bertz CT molecular complexity index is 232. The molecule has 0 aromatic carbocycles. The van der Waals surface area contributed by atoms with Crippen molar-refractivity contribution in [2.75, 3.05) is 19.0 Å². The monoisotopic (exact) mass is 292 g/mol. The predicted octanol–water partition coefficient (Wildman–Crippen LogP) is 4.47. The van der Waals surface area contributed by atoms with Crippen molar-refractivity contribution >= 4 is 17.7 Å². The van der Waals surface area contributed by atoms with E-state index in [-0.39, 0.29) is 23.8 Å². The van der Waals surface area contributed by atoms with Gasteiger partial charge in [0.1, 0.15) is 5.25 Å². The molecule has 0 saturated carbocycles. The number of halogens is 1. The van der Waals surface area contributed by atoms with Crippen LogP contribution in [-0.4, -0.2) is 30.3 Å².